The lowest BCUT2D eigenvalue weighted by atomic mass is 10.1. The van der Waals surface area contributed by atoms with Crippen LogP contribution in [0.5, 0.6) is 5.75 Å². The second kappa shape index (κ2) is 7.31. The van der Waals surface area contributed by atoms with Gasteiger partial charge in [0.25, 0.3) is 0 Å². The van der Waals surface area contributed by atoms with Crippen molar-refractivity contribution < 1.29 is 4.74 Å². The lowest BCUT2D eigenvalue weighted by Gasteiger charge is -2.32. The highest BCUT2D eigenvalue weighted by atomic mass is 16.5. The maximum Gasteiger partial charge on any atom is 0.119 e. The van der Waals surface area contributed by atoms with E-state index in [1.165, 1.54) is 24.9 Å². The van der Waals surface area contributed by atoms with E-state index in [9.17, 15) is 0 Å². The molecule has 0 saturated carbocycles. The molecule has 1 aliphatic rings. The van der Waals surface area contributed by atoms with E-state index < -0.39 is 0 Å². The number of nitrogens with zero attached hydrogens (tertiary/aromatic N) is 1. The first-order valence-corrected chi connectivity index (χ1v) is 7.04. The lowest BCUT2D eigenvalue weighted by Crippen LogP contribution is -2.43. The number of rotatable bonds is 6. The molecular weight excluding hydrogens is 236 g/mol. The third-order valence-electron chi connectivity index (χ3n) is 3.61. The molecule has 1 saturated heterocycles. The van der Waals surface area contributed by atoms with Crippen molar-refractivity contribution in [2.45, 2.75) is 25.4 Å². The predicted octanol–water partition coefficient (Wildman–Crippen LogP) is 2.44. The van der Waals surface area contributed by atoms with Crippen LogP contribution in [0.15, 0.2) is 36.9 Å². The Labute approximate surface area is 116 Å². The fourth-order valence-electron chi connectivity index (χ4n) is 2.54. The van der Waals surface area contributed by atoms with Gasteiger partial charge in [0.05, 0.1) is 0 Å². The van der Waals surface area contributed by atoms with Crippen LogP contribution in [0.1, 0.15) is 18.4 Å². The van der Waals surface area contributed by atoms with Crippen LogP contribution in [0.4, 0.5) is 0 Å². The van der Waals surface area contributed by atoms with Crippen LogP contribution in [-0.2, 0) is 6.54 Å². The molecule has 0 radical (unpaired) electrons. The monoisotopic (exact) mass is 260 g/mol. The third kappa shape index (κ3) is 4.37. The lowest BCUT2D eigenvalue weighted by molar-refractivity contribution is 0.188. The molecule has 3 nitrogen and oxygen atoms in total. The minimum atomic E-state index is 0.565. The molecule has 0 spiro atoms. The molecule has 1 atom stereocenters. The van der Waals surface area contributed by atoms with Crippen molar-refractivity contribution in [1.29, 1.82) is 0 Å². The van der Waals surface area contributed by atoms with E-state index >= 15 is 0 Å². The van der Waals surface area contributed by atoms with Gasteiger partial charge in [-0.1, -0.05) is 24.8 Å². The zero-order valence-corrected chi connectivity index (χ0v) is 11.8. The molecule has 1 aromatic rings. The Morgan fingerprint density at radius 1 is 1.42 bits per heavy atom. The zero-order chi connectivity index (χ0) is 13.5. The Hall–Kier alpha value is -1.32. The first kappa shape index (κ1) is 14.1. The highest BCUT2D eigenvalue weighted by molar-refractivity contribution is 5.27. The molecule has 1 fully saturated rings. The van der Waals surface area contributed by atoms with Crippen molar-refractivity contribution >= 4 is 0 Å². The fraction of sp³-hybridized carbons (Fsp3) is 0.500. The van der Waals surface area contributed by atoms with Gasteiger partial charge in [-0.05, 0) is 44.1 Å². The van der Waals surface area contributed by atoms with Gasteiger partial charge in [-0.25, -0.2) is 0 Å². The van der Waals surface area contributed by atoms with E-state index in [1.807, 2.05) is 12.1 Å². The van der Waals surface area contributed by atoms with E-state index in [4.69, 9.17) is 4.74 Å². The van der Waals surface area contributed by atoms with E-state index in [0.29, 0.717) is 12.6 Å². The van der Waals surface area contributed by atoms with Crippen LogP contribution in [0.2, 0.25) is 0 Å². The summed E-state index contributed by atoms with van der Waals surface area (Å²) in [6.07, 6.45) is 4.34. The number of benzene rings is 1. The summed E-state index contributed by atoms with van der Waals surface area (Å²) in [6.45, 7) is 7.59. The van der Waals surface area contributed by atoms with Gasteiger partial charge in [-0.2, -0.15) is 0 Å². The predicted molar refractivity (Wildman–Crippen MR) is 79.5 cm³/mol. The maximum absolute atomic E-state index is 5.49. The molecule has 2 rings (SSSR count). The average molecular weight is 260 g/mol. The van der Waals surface area contributed by atoms with Crippen molar-refractivity contribution in [2.24, 2.45) is 0 Å². The Balaban J connectivity index is 1.86. The van der Waals surface area contributed by atoms with Gasteiger partial charge >= 0.3 is 0 Å². The van der Waals surface area contributed by atoms with Crippen molar-refractivity contribution in [3.05, 3.63) is 42.5 Å². The molecule has 0 aromatic heterocycles. The average Bonchev–Trinajstić information content (AvgIpc) is 2.47. The van der Waals surface area contributed by atoms with E-state index in [2.05, 4.69) is 36.0 Å². The first-order chi connectivity index (χ1) is 9.31. The summed E-state index contributed by atoms with van der Waals surface area (Å²) in [5.41, 5.74) is 1.35. The Morgan fingerprint density at radius 2 is 2.21 bits per heavy atom. The standard InChI is InChI=1S/C16H24N2O/c1-3-11-19-16-8-6-14(7-9-16)12-18-10-4-5-15(13-18)17-2/h3,6-9,15,17H,1,4-5,10-13H2,2H3. The molecule has 1 N–H and O–H groups in total. The van der Waals surface area contributed by atoms with Crippen LogP contribution in [-0.4, -0.2) is 37.7 Å². The Morgan fingerprint density at radius 3 is 2.89 bits per heavy atom. The van der Waals surface area contributed by atoms with Gasteiger partial charge < -0.3 is 10.1 Å². The van der Waals surface area contributed by atoms with Crippen LogP contribution in [0.25, 0.3) is 0 Å². The molecule has 0 aliphatic carbocycles. The first-order valence-electron chi connectivity index (χ1n) is 7.04. The molecule has 1 aromatic carbocycles. The van der Waals surface area contributed by atoms with E-state index in [1.54, 1.807) is 6.08 Å². The summed E-state index contributed by atoms with van der Waals surface area (Å²) in [6, 6.07) is 9.03. The zero-order valence-electron chi connectivity index (χ0n) is 11.8. The molecular formula is C16H24N2O. The highest BCUT2D eigenvalue weighted by Gasteiger charge is 2.18. The minimum Gasteiger partial charge on any atom is -0.490 e. The van der Waals surface area contributed by atoms with Gasteiger partial charge in [0.2, 0.25) is 0 Å². The molecule has 1 unspecified atom stereocenters. The number of piperidine rings is 1. The molecule has 3 heteroatoms. The number of ether oxygens (including phenoxy) is 1. The summed E-state index contributed by atoms with van der Waals surface area (Å²) in [5.74, 6) is 0.912. The van der Waals surface area contributed by atoms with Crippen molar-refractivity contribution in [3.63, 3.8) is 0 Å². The van der Waals surface area contributed by atoms with Gasteiger partial charge in [0, 0.05) is 19.1 Å². The van der Waals surface area contributed by atoms with Crippen molar-refractivity contribution in [2.75, 3.05) is 26.7 Å². The van der Waals surface area contributed by atoms with Gasteiger partial charge in [-0.15, -0.1) is 0 Å². The van der Waals surface area contributed by atoms with Crippen LogP contribution in [0.3, 0.4) is 0 Å². The Bertz CT molecular complexity index is 388. The summed E-state index contributed by atoms with van der Waals surface area (Å²) < 4.78 is 5.49. The molecule has 1 aliphatic heterocycles. The Kier molecular flexibility index (Phi) is 5.43. The van der Waals surface area contributed by atoms with Gasteiger partial charge in [-0.3, -0.25) is 4.90 Å². The maximum atomic E-state index is 5.49. The van der Waals surface area contributed by atoms with Crippen LogP contribution in [0, 0.1) is 0 Å². The van der Waals surface area contributed by atoms with Gasteiger partial charge in [0.1, 0.15) is 12.4 Å². The fourth-order valence-corrected chi connectivity index (χ4v) is 2.54. The number of hydrogen-bond donors (Lipinski definition) is 1. The minimum absolute atomic E-state index is 0.565. The SMILES string of the molecule is C=CCOc1ccc(CN2CCCC(NC)C2)cc1. The largest absolute Gasteiger partial charge is 0.490 e. The number of likely N-dealkylation sites (tertiary alicyclic amines) is 1. The summed E-state index contributed by atoms with van der Waals surface area (Å²) in [5, 5.41) is 3.38. The summed E-state index contributed by atoms with van der Waals surface area (Å²) >= 11 is 0. The summed E-state index contributed by atoms with van der Waals surface area (Å²) in [4.78, 5) is 2.52. The van der Waals surface area contributed by atoms with Crippen LogP contribution < -0.4 is 10.1 Å². The van der Waals surface area contributed by atoms with Crippen molar-refractivity contribution in [3.8, 4) is 5.75 Å². The molecule has 1 heterocycles. The van der Waals surface area contributed by atoms with Crippen molar-refractivity contribution in [1.82, 2.24) is 10.2 Å². The van der Waals surface area contributed by atoms with Gasteiger partial charge in [0.15, 0.2) is 0 Å². The summed E-state index contributed by atoms with van der Waals surface area (Å²) in [7, 11) is 2.06. The van der Waals surface area contributed by atoms with E-state index in [0.717, 1.165) is 18.8 Å². The number of likely N-dealkylation sites (N-methyl/N-ethyl adjacent to an activating group) is 1. The smallest absolute Gasteiger partial charge is 0.119 e. The molecule has 19 heavy (non-hydrogen) atoms. The van der Waals surface area contributed by atoms with E-state index in [-0.39, 0.29) is 0 Å². The quantitative estimate of drug-likeness (QED) is 0.795. The molecule has 0 amide bonds. The molecule has 0 bridgehead atoms. The number of nitrogens with one attached hydrogen (secondary N) is 1. The van der Waals surface area contributed by atoms with Crippen LogP contribution >= 0.6 is 0 Å². The third-order valence-corrected chi connectivity index (χ3v) is 3.61. The normalized spacial score (nSPS) is 20.2. The second-order valence-electron chi connectivity index (χ2n) is 5.11. The molecule has 104 valence electrons. The topological polar surface area (TPSA) is 24.5 Å². The second-order valence-corrected chi connectivity index (χ2v) is 5.11. The highest BCUT2D eigenvalue weighted by Crippen LogP contribution is 2.16. The number of hydrogen-bond acceptors (Lipinski definition) is 3.